The van der Waals surface area contributed by atoms with Crippen molar-refractivity contribution in [1.29, 1.82) is 0 Å². The van der Waals surface area contributed by atoms with E-state index in [2.05, 4.69) is 48.0 Å². The number of aryl methyl sites for hydroxylation is 2. The zero-order valence-electron chi connectivity index (χ0n) is 9.52. The number of benzene rings is 1. The van der Waals surface area contributed by atoms with Crippen LogP contribution in [0.1, 0.15) is 29.2 Å². The first kappa shape index (κ1) is 11.4. The molecule has 0 amide bonds. The molecule has 1 unspecified atom stereocenters. The van der Waals surface area contributed by atoms with Crippen LogP contribution in [-0.2, 0) is 6.42 Å². The Labute approximate surface area is 101 Å². The normalized spacial score (nSPS) is 12.6. The molecule has 0 radical (unpaired) electrons. The molecule has 0 aliphatic heterocycles. The Hall–Kier alpha value is -1.12. The van der Waals surface area contributed by atoms with Gasteiger partial charge >= 0.3 is 0 Å². The fourth-order valence-electron chi connectivity index (χ4n) is 1.85. The molecule has 0 saturated heterocycles. The zero-order chi connectivity index (χ0) is 11.4. The molecular formula is C14H17NS. The maximum absolute atomic E-state index is 6.14. The second-order valence-corrected chi connectivity index (χ2v) is 4.91. The van der Waals surface area contributed by atoms with Crippen molar-refractivity contribution in [3.63, 3.8) is 0 Å². The average molecular weight is 231 g/mol. The third-order valence-electron chi connectivity index (χ3n) is 2.96. The lowest BCUT2D eigenvalue weighted by atomic mass is 9.99. The van der Waals surface area contributed by atoms with E-state index in [1.807, 2.05) is 0 Å². The van der Waals surface area contributed by atoms with Gasteiger partial charge < -0.3 is 5.73 Å². The monoisotopic (exact) mass is 231 g/mol. The summed E-state index contributed by atoms with van der Waals surface area (Å²) in [4.78, 5) is 0. The Balaban J connectivity index is 1.95. The third-order valence-corrected chi connectivity index (χ3v) is 3.66. The fourth-order valence-corrected chi connectivity index (χ4v) is 2.58. The van der Waals surface area contributed by atoms with Crippen LogP contribution in [0.5, 0.6) is 0 Å². The van der Waals surface area contributed by atoms with Gasteiger partial charge in [-0.3, -0.25) is 0 Å². The molecule has 2 N–H and O–H groups in total. The summed E-state index contributed by atoms with van der Waals surface area (Å²) in [6, 6.07) is 10.8. The van der Waals surface area contributed by atoms with Crippen molar-refractivity contribution in [3.8, 4) is 0 Å². The van der Waals surface area contributed by atoms with Gasteiger partial charge in [0.05, 0.1) is 0 Å². The highest BCUT2D eigenvalue weighted by Crippen LogP contribution is 2.20. The lowest BCUT2D eigenvalue weighted by Gasteiger charge is -2.11. The predicted molar refractivity (Wildman–Crippen MR) is 70.7 cm³/mol. The van der Waals surface area contributed by atoms with Gasteiger partial charge in [0.1, 0.15) is 0 Å². The van der Waals surface area contributed by atoms with Crippen molar-refractivity contribution < 1.29 is 0 Å². The van der Waals surface area contributed by atoms with Gasteiger partial charge in [-0.05, 0) is 53.3 Å². The topological polar surface area (TPSA) is 26.0 Å². The number of rotatable bonds is 4. The summed E-state index contributed by atoms with van der Waals surface area (Å²) in [5.41, 5.74) is 10.2. The summed E-state index contributed by atoms with van der Waals surface area (Å²) in [5.74, 6) is 0. The second-order valence-electron chi connectivity index (χ2n) is 4.13. The maximum atomic E-state index is 6.14. The SMILES string of the molecule is Cc1ccccc1CCC(N)c1ccsc1. The molecule has 1 atom stereocenters. The van der Waals surface area contributed by atoms with Gasteiger partial charge in [-0.15, -0.1) is 0 Å². The summed E-state index contributed by atoms with van der Waals surface area (Å²) in [6.07, 6.45) is 2.07. The standard InChI is InChI=1S/C14H17NS/c1-11-4-2-3-5-12(11)6-7-14(15)13-8-9-16-10-13/h2-5,8-10,14H,6-7,15H2,1H3. The van der Waals surface area contributed by atoms with Crippen LogP contribution in [0.4, 0.5) is 0 Å². The molecule has 1 aromatic heterocycles. The molecule has 0 spiro atoms. The number of hydrogen-bond donors (Lipinski definition) is 1. The van der Waals surface area contributed by atoms with E-state index in [1.54, 1.807) is 11.3 Å². The van der Waals surface area contributed by atoms with Crippen LogP contribution >= 0.6 is 11.3 Å². The molecule has 2 heteroatoms. The van der Waals surface area contributed by atoms with Gasteiger partial charge in [0.2, 0.25) is 0 Å². The largest absolute Gasteiger partial charge is 0.324 e. The van der Waals surface area contributed by atoms with Crippen molar-refractivity contribution in [2.24, 2.45) is 5.73 Å². The Morgan fingerprint density at radius 3 is 2.75 bits per heavy atom. The van der Waals surface area contributed by atoms with Crippen LogP contribution in [0.3, 0.4) is 0 Å². The van der Waals surface area contributed by atoms with E-state index in [-0.39, 0.29) is 6.04 Å². The molecule has 84 valence electrons. The molecule has 0 bridgehead atoms. The van der Waals surface area contributed by atoms with E-state index in [4.69, 9.17) is 5.73 Å². The smallest absolute Gasteiger partial charge is 0.0306 e. The molecule has 2 rings (SSSR count). The van der Waals surface area contributed by atoms with E-state index < -0.39 is 0 Å². The maximum Gasteiger partial charge on any atom is 0.0306 e. The van der Waals surface area contributed by atoms with E-state index in [1.165, 1.54) is 16.7 Å². The molecule has 1 nitrogen and oxygen atoms in total. The van der Waals surface area contributed by atoms with Crippen LogP contribution < -0.4 is 5.73 Å². The minimum atomic E-state index is 0.172. The fraction of sp³-hybridized carbons (Fsp3) is 0.286. The quantitative estimate of drug-likeness (QED) is 0.853. The van der Waals surface area contributed by atoms with E-state index in [0.717, 1.165) is 12.8 Å². The zero-order valence-corrected chi connectivity index (χ0v) is 10.3. The first-order valence-electron chi connectivity index (χ1n) is 5.59. The van der Waals surface area contributed by atoms with Crippen molar-refractivity contribution in [3.05, 3.63) is 57.8 Å². The van der Waals surface area contributed by atoms with E-state index >= 15 is 0 Å². The Morgan fingerprint density at radius 1 is 1.25 bits per heavy atom. The van der Waals surface area contributed by atoms with Gasteiger partial charge in [0.15, 0.2) is 0 Å². The number of nitrogens with two attached hydrogens (primary N) is 1. The minimum absolute atomic E-state index is 0.172. The predicted octanol–water partition coefficient (Wildman–Crippen LogP) is 3.69. The van der Waals surface area contributed by atoms with Crippen molar-refractivity contribution in [2.75, 3.05) is 0 Å². The van der Waals surface area contributed by atoms with Crippen LogP contribution in [0.25, 0.3) is 0 Å². The summed E-state index contributed by atoms with van der Waals surface area (Å²) < 4.78 is 0. The molecule has 0 saturated carbocycles. The van der Waals surface area contributed by atoms with Gasteiger partial charge in [0.25, 0.3) is 0 Å². The Kier molecular flexibility index (Phi) is 3.75. The van der Waals surface area contributed by atoms with Crippen LogP contribution in [0.15, 0.2) is 41.1 Å². The number of hydrogen-bond acceptors (Lipinski definition) is 2. The summed E-state index contributed by atoms with van der Waals surface area (Å²) in [7, 11) is 0. The van der Waals surface area contributed by atoms with Crippen molar-refractivity contribution in [2.45, 2.75) is 25.8 Å². The minimum Gasteiger partial charge on any atom is -0.324 e. The second kappa shape index (κ2) is 5.28. The van der Waals surface area contributed by atoms with Crippen molar-refractivity contribution >= 4 is 11.3 Å². The van der Waals surface area contributed by atoms with Crippen LogP contribution in [0, 0.1) is 6.92 Å². The molecule has 2 aromatic rings. The Bertz CT molecular complexity index is 434. The molecule has 0 aliphatic carbocycles. The first-order valence-corrected chi connectivity index (χ1v) is 6.54. The molecule has 0 fully saturated rings. The summed E-state index contributed by atoms with van der Waals surface area (Å²) in [5, 5.41) is 4.23. The molecule has 16 heavy (non-hydrogen) atoms. The number of thiophene rings is 1. The highest BCUT2D eigenvalue weighted by molar-refractivity contribution is 7.07. The lowest BCUT2D eigenvalue weighted by molar-refractivity contribution is 0.652. The summed E-state index contributed by atoms with van der Waals surface area (Å²) in [6.45, 7) is 2.16. The highest BCUT2D eigenvalue weighted by atomic mass is 32.1. The van der Waals surface area contributed by atoms with Gasteiger partial charge in [-0.1, -0.05) is 24.3 Å². The third kappa shape index (κ3) is 2.71. The van der Waals surface area contributed by atoms with Gasteiger partial charge in [-0.2, -0.15) is 11.3 Å². The molecule has 1 aromatic carbocycles. The Morgan fingerprint density at radius 2 is 2.06 bits per heavy atom. The average Bonchev–Trinajstić information content (AvgIpc) is 2.81. The molecular weight excluding hydrogens is 214 g/mol. The first-order chi connectivity index (χ1) is 7.77. The highest BCUT2D eigenvalue weighted by Gasteiger charge is 2.07. The van der Waals surface area contributed by atoms with Crippen LogP contribution in [0.2, 0.25) is 0 Å². The molecule has 1 heterocycles. The van der Waals surface area contributed by atoms with E-state index in [9.17, 15) is 0 Å². The lowest BCUT2D eigenvalue weighted by Crippen LogP contribution is -2.10. The van der Waals surface area contributed by atoms with Crippen molar-refractivity contribution in [1.82, 2.24) is 0 Å². The van der Waals surface area contributed by atoms with Gasteiger partial charge in [0, 0.05) is 6.04 Å². The molecule has 0 aliphatic rings. The van der Waals surface area contributed by atoms with E-state index in [0.29, 0.717) is 0 Å². The summed E-state index contributed by atoms with van der Waals surface area (Å²) >= 11 is 1.71. The van der Waals surface area contributed by atoms with Gasteiger partial charge in [-0.25, -0.2) is 0 Å². The van der Waals surface area contributed by atoms with Crippen LogP contribution in [-0.4, -0.2) is 0 Å².